The number of anilines is 1. The summed E-state index contributed by atoms with van der Waals surface area (Å²) in [6.45, 7) is 0. The van der Waals surface area contributed by atoms with E-state index in [1.165, 1.54) is 6.07 Å². The number of aromatic carboxylic acids is 1. The van der Waals surface area contributed by atoms with Gasteiger partial charge in [0.15, 0.2) is 0 Å². The third-order valence-electron chi connectivity index (χ3n) is 5.56. The SMILES string of the molecule is O=C(O)c1cc(N/N=C\c2c(-c3ccccc3)n(-c3ccccc3)c3ccccc23)ccc1Cl. The topological polar surface area (TPSA) is 66.6 Å². The molecule has 0 unspecified atom stereocenters. The van der Waals surface area contributed by atoms with Crippen LogP contribution >= 0.6 is 11.6 Å². The molecule has 166 valence electrons. The summed E-state index contributed by atoms with van der Waals surface area (Å²) in [6, 6.07) is 33.3. The van der Waals surface area contributed by atoms with Crippen molar-refractivity contribution in [1.82, 2.24) is 4.57 Å². The summed E-state index contributed by atoms with van der Waals surface area (Å²) >= 11 is 5.99. The largest absolute Gasteiger partial charge is 0.478 e. The van der Waals surface area contributed by atoms with Crippen LogP contribution in [0.2, 0.25) is 5.02 Å². The van der Waals surface area contributed by atoms with Crippen LogP contribution < -0.4 is 5.43 Å². The van der Waals surface area contributed by atoms with Crippen molar-refractivity contribution in [2.75, 3.05) is 5.43 Å². The molecule has 0 aliphatic heterocycles. The Hall–Kier alpha value is -4.35. The van der Waals surface area contributed by atoms with Crippen LogP contribution in [0.25, 0.3) is 27.8 Å². The fourth-order valence-electron chi connectivity index (χ4n) is 4.05. The molecule has 0 fully saturated rings. The summed E-state index contributed by atoms with van der Waals surface area (Å²) in [5.74, 6) is -1.09. The molecular weight excluding hydrogens is 446 g/mol. The van der Waals surface area contributed by atoms with E-state index in [-0.39, 0.29) is 10.6 Å². The third-order valence-corrected chi connectivity index (χ3v) is 5.89. The van der Waals surface area contributed by atoms with Crippen LogP contribution in [0.1, 0.15) is 15.9 Å². The van der Waals surface area contributed by atoms with Crippen molar-refractivity contribution >= 4 is 40.4 Å². The van der Waals surface area contributed by atoms with Crippen LogP contribution in [-0.2, 0) is 0 Å². The van der Waals surface area contributed by atoms with E-state index in [1.54, 1.807) is 18.3 Å². The molecule has 34 heavy (non-hydrogen) atoms. The van der Waals surface area contributed by atoms with E-state index in [1.807, 2.05) is 48.5 Å². The number of para-hydroxylation sites is 2. The van der Waals surface area contributed by atoms with Gasteiger partial charge in [-0.05, 0) is 42.0 Å². The highest BCUT2D eigenvalue weighted by atomic mass is 35.5. The number of carboxylic acid groups (broad SMARTS) is 1. The normalized spacial score (nSPS) is 11.2. The Labute approximate surface area is 201 Å². The molecule has 1 heterocycles. The first kappa shape index (κ1) is 21.5. The van der Waals surface area contributed by atoms with Gasteiger partial charge in [0.2, 0.25) is 0 Å². The van der Waals surface area contributed by atoms with Crippen molar-refractivity contribution in [2.45, 2.75) is 0 Å². The molecule has 5 nitrogen and oxygen atoms in total. The van der Waals surface area contributed by atoms with Gasteiger partial charge >= 0.3 is 5.97 Å². The van der Waals surface area contributed by atoms with E-state index in [0.717, 1.165) is 33.4 Å². The number of carboxylic acids is 1. The lowest BCUT2D eigenvalue weighted by atomic mass is 10.1. The minimum atomic E-state index is -1.09. The average Bonchev–Trinajstić information content (AvgIpc) is 3.20. The van der Waals surface area contributed by atoms with Gasteiger partial charge in [0.05, 0.1) is 33.7 Å². The van der Waals surface area contributed by atoms with Crippen molar-refractivity contribution < 1.29 is 9.90 Å². The summed E-state index contributed by atoms with van der Waals surface area (Å²) in [5, 5.41) is 15.0. The number of rotatable bonds is 6. The van der Waals surface area contributed by atoms with Crippen molar-refractivity contribution in [3.8, 4) is 16.9 Å². The second-order valence-corrected chi connectivity index (χ2v) is 8.09. The number of aromatic nitrogens is 1. The van der Waals surface area contributed by atoms with Crippen LogP contribution in [0.15, 0.2) is 108 Å². The van der Waals surface area contributed by atoms with Crippen LogP contribution in [0.5, 0.6) is 0 Å². The summed E-state index contributed by atoms with van der Waals surface area (Å²) in [5.41, 5.74) is 8.64. The molecule has 4 aromatic carbocycles. The molecule has 0 aliphatic rings. The maximum Gasteiger partial charge on any atom is 0.337 e. The van der Waals surface area contributed by atoms with E-state index in [0.29, 0.717) is 5.69 Å². The van der Waals surface area contributed by atoms with Crippen LogP contribution in [0, 0.1) is 0 Å². The molecule has 0 radical (unpaired) electrons. The molecule has 0 bridgehead atoms. The molecule has 0 spiro atoms. The first-order valence-corrected chi connectivity index (χ1v) is 11.1. The molecule has 1 aromatic heterocycles. The number of hydrogen-bond acceptors (Lipinski definition) is 3. The Morgan fingerprint density at radius 2 is 1.56 bits per heavy atom. The molecule has 2 N–H and O–H groups in total. The van der Waals surface area contributed by atoms with E-state index in [9.17, 15) is 9.90 Å². The monoisotopic (exact) mass is 465 g/mol. The zero-order valence-corrected chi connectivity index (χ0v) is 18.8. The predicted molar refractivity (Wildman–Crippen MR) is 138 cm³/mol. The van der Waals surface area contributed by atoms with E-state index in [4.69, 9.17) is 11.6 Å². The number of nitrogens with one attached hydrogen (secondary N) is 1. The fraction of sp³-hybridized carbons (Fsp3) is 0. The second-order valence-electron chi connectivity index (χ2n) is 7.69. The quantitative estimate of drug-likeness (QED) is 0.208. The maximum atomic E-state index is 11.4. The predicted octanol–water partition coefficient (Wildman–Crippen LogP) is 7.10. The van der Waals surface area contributed by atoms with Gasteiger partial charge in [-0.3, -0.25) is 5.43 Å². The Balaban J connectivity index is 1.66. The van der Waals surface area contributed by atoms with Gasteiger partial charge in [-0.1, -0.05) is 78.3 Å². The summed E-state index contributed by atoms with van der Waals surface area (Å²) in [7, 11) is 0. The Kier molecular flexibility index (Phi) is 5.85. The Morgan fingerprint density at radius 1 is 0.882 bits per heavy atom. The average molecular weight is 466 g/mol. The molecular formula is C28H20ClN3O2. The highest BCUT2D eigenvalue weighted by Crippen LogP contribution is 2.35. The van der Waals surface area contributed by atoms with Crippen molar-refractivity contribution in [1.29, 1.82) is 0 Å². The lowest BCUT2D eigenvalue weighted by molar-refractivity contribution is 0.0697. The number of fused-ring (bicyclic) bond motifs is 1. The highest BCUT2D eigenvalue weighted by Gasteiger charge is 2.18. The number of carbonyl (C=O) groups is 1. The molecule has 0 amide bonds. The van der Waals surface area contributed by atoms with Crippen LogP contribution in [0.3, 0.4) is 0 Å². The van der Waals surface area contributed by atoms with E-state index < -0.39 is 5.97 Å². The van der Waals surface area contributed by atoms with Gasteiger partial charge in [-0.2, -0.15) is 5.10 Å². The standard InChI is InChI=1S/C28H20ClN3O2/c29-25-16-15-20(17-23(25)28(33)34)31-30-18-24-22-13-7-8-14-26(22)32(21-11-5-2-6-12-21)27(24)19-9-3-1-4-10-19/h1-18,31H,(H,33,34)/b30-18-. The first-order chi connectivity index (χ1) is 16.6. The minimum Gasteiger partial charge on any atom is -0.478 e. The zero-order valence-electron chi connectivity index (χ0n) is 18.0. The highest BCUT2D eigenvalue weighted by molar-refractivity contribution is 6.33. The molecule has 6 heteroatoms. The fourth-order valence-corrected chi connectivity index (χ4v) is 4.25. The number of halogens is 1. The minimum absolute atomic E-state index is 0.0209. The van der Waals surface area contributed by atoms with Crippen LogP contribution in [0.4, 0.5) is 5.69 Å². The number of nitrogens with zero attached hydrogens (tertiary/aromatic N) is 2. The lowest BCUT2D eigenvalue weighted by Crippen LogP contribution is -2.00. The first-order valence-electron chi connectivity index (χ1n) is 10.7. The summed E-state index contributed by atoms with van der Waals surface area (Å²) in [4.78, 5) is 11.4. The third kappa shape index (κ3) is 4.05. The van der Waals surface area contributed by atoms with Gasteiger partial charge in [-0.15, -0.1) is 0 Å². The van der Waals surface area contributed by atoms with Gasteiger partial charge < -0.3 is 9.67 Å². The second kappa shape index (κ2) is 9.25. The van der Waals surface area contributed by atoms with E-state index >= 15 is 0 Å². The number of benzene rings is 4. The Morgan fingerprint density at radius 3 is 2.29 bits per heavy atom. The molecule has 5 aromatic rings. The van der Waals surface area contributed by atoms with E-state index in [2.05, 4.69) is 51.5 Å². The number of hydrazone groups is 1. The summed E-state index contributed by atoms with van der Waals surface area (Å²) in [6.07, 6.45) is 1.78. The summed E-state index contributed by atoms with van der Waals surface area (Å²) < 4.78 is 2.23. The lowest BCUT2D eigenvalue weighted by Gasteiger charge is -2.12. The van der Waals surface area contributed by atoms with Gasteiger partial charge in [0.25, 0.3) is 0 Å². The van der Waals surface area contributed by atoms with Crippen molar-refractivity contribution in [3.05, 3.63) is 119 Å². The van der Waals surface area contributed by atoms with Crippen molar-refractivity contribution in [3.63, 3.8) is 0 Å². The Bertz CT molecular complexity index is 1510. The molecule has 5 rings (SSSR count). The van der Waals surface area contributed by atoms with Crippen molar-refractivity contribution in [2.24, 2.45) is 5.10 Å². The van der Waals surface area contributed by atoms with Crippen LogP contribution in [-0.4, -0.2) is 21.9 Å². The van der Waals surface area contributed by atoms with Gasteiger partial charge in [0, 0.05) is 16.6 Å². The molecule has 0 saturated heterocycles. The maximum absolute atomic E-state index is 11.4. The van der Waals surface area contributed by atoms with Gasteiger partial charge in [0.1, 0.15) is 0 Å². The molecule has 0 aliphatic carbocycles. The smallest absolute Gasteiger partial charge is 0.337 e. The number of hydrogen-bond donors (Lipinski definition) is 2. The molecule has 0 atom stereocenters. The molecule has 0 saturated carbocycles. The zero-order chi connectivity index (χ0) is 23.5. The van der Waals surface area contributed by atoms with Gasteiger partial charge in [-0.25, -0.2) is 4.79 Å².